The molecule has 0 amide bonds. The molecule has 0 fully saturated rings. The maximum absolute atomic E-state index is 13.4. The van der Waals surface area contributed by atoms with Gasteiger partial charge in [-0.15, -0.1) is 0 Å². The van der Waals surface area contributed by atoms with Crippen molar-refractivity contribution in [2.75, 3.05) is 0 Å². The van der Waals surface area contributed by atoms with E-state index in [0.29, 0.717) is 17.2 Å². The first-order valence-corrected chi connectivity index (χ1v) is 10.9. The normalized spacial score (nSPS) is 11.3. The van der Waals surface area contributed by atoms with Gasteiger partial charge in [0.2, 0.25) is 5.78 Å². The standard InChI is InChI=1S/C25H26ClN3O/c1-3-4-8-15-28-18(2)22(16-19-9-6-5-7-10-19)24(30)29-17-23(27-25(28)29)20-11-13-21(26)14-12-20/h5-7,9-14,17H,3-4,8,15-16H2,1-2H3. The minimum atomic E-state index is 0.00538. The fraction of sp³-hybridized carbons (Fsp3) is 0.280. The Morgan fingerprint density at radius 2 is 1.73 bits per heavy atom. The van der Waals surface area contributed by atoms with E-state index in [4.69, 9.17) is 16.6 Å². The topological polar surface area (TPSA) is 39.3 Å². The maximum atomic E-state index is 13.4. The Labute approximate surface area is 181 Å². The van der Waals surface area contributed by atoms with Crippen LogP contribution in [0.3, 0.4) is 0 Å². The fourth-order valence-electron chi connectivity index (χ4n) is 3.87. The molecule has 0 N–H and O–H groups in total. The van der Waals surface area contributed by atoms with Gasteiger partial charge in [0.15, 0.2) is 0 Å². The highest BCUT2D eigenvalue weighted by Crippen LogP contribution is 2.22. The molecule has 0 aliphatic rings. The number of rotatable bonds is 7. The van der Waals surface area contributed by atoms with Crippen LogP contribution < -0.4 is 5.56 Å². The molecule has 0 saturated heterocycles. The van der Waals surface area contributed by atoms with Gasteiger partial charge >= 0.3 is 0 Å². The van der Waals surface area contributed by atoms with Crippen LogP contribution in [-0.2, 0) is 13.0 Å². The fourth-order valence-corrected chi connectivity index (χ4v) is 4.00. The number of imidazole rings is 1. The Bertz CT molecular complexity index is 1210. The molecule has 154 valence electrons. The number of aromatic nitrogens is 3. The van der Waals surface area contributed by atoms with E-state index in [1.807, 2.05) is 55.6 Å². The van der Waals surface area contributed by atoms with Crippen LogP contribution in [-0.4, -0.2) is 14.0 Å². The lowest BCUT2D eigenvalue weighted by molar-refractivity contribution is 0.586. The van der Waals surface area contributed by atoms with Gasteiger partial charge in [-0.25, -0.2) is 4.98 Å². The largest absolute Gasteiger partial charge is 0.315 e. The number of unbranched alkanes of at least 4 members (excludes halogenated alkanes) is 2. The zero-order chi connectivity index (χ0) is 21.1. The third-order valence-corrected chi connectivity index (χ3v) is 5.85. The van der Waals surface area contributed by atoms with Crippen molar-refractivity contribution in [3.8, 4) is 11.3 Å². The summed E-state index contributed by atoms with van der Waals surface area (Å²) in [7, 11) is 0. The summed E-state index contributed by atoms with van der Waals surface area (Å²) in [5, 5.41) is 0.683. The van der Waals surface area contributed by atoms with Gasteiger partial charge in [-0.3, -0.25) is 9.20 Å². The third-order valence-electron chi connectivity index (χ3n) is 5.60. The minimum absolute atomic E-state index is 0.00538. The second-order valence-electron chi connectivity index (χ2n) is 7.69. The molecule has 4 aromatic rings. The van der Waals surface area contributed by atoms with E-state index >= 15 is 0 Å². The molecule has 0 radical (unpaired) electrons. The zero-order valence-corrected chi connectivity index (χ0v) is 18.2. The van der Waals surface area contributed by atoms with Gasteiger partial charge in [0.05, 0.1) is 5.69 Å². The van der Waals surface area contributed by atoms with E-state index in [1.165, 1.54) is 0 Å². The van der Waals surface area contributed by atoms with Gasteiger partial charge < -0.3 is 4.57 Å². The predicted octanol–water partition coefficient (Wildman–Crippen LogP) is 5.91. The zero-order valence-electron chi connectivity index (χ0n) is 17.4. The second kappa shape index (κ2) is 8.88. The number of hydrogen-bond acceptors (Lipinski definition) is 2. The summed E-state index contributed by atoms with van der Waals surface area (Å²) in [5.74, 6) is 0.704. The molecule has 30 heavy (non-hydrogen) atoms. The summed E-state index contributed by atoms with van der Waals surface area (Å²) in [5.41, 5.74) is 4.70. The van der Waals surface area contributed by atoms with Crippen LogP contribution in [0.25, 0.3) is 17.0 Å². The molecule has 0 atom stereocenters. The van der Waals surface area contributed by atoms with E-state index < -0.39 is 0 Å². The van der Waals surface area contributed by atoms with Crippen molar-refractivity contribution >= 4 is 17.4 Å². The van der Waals surface area contributed by atoms with Crippen LogP contribution in [0.15, 0.2) is 65.6 Å². The molecule has 2 aromatic heterocycles. The maximum Gasteiger partial charge on any atom is 0.262 e. The van der Waals surface area contributed by atoms with Crippen LogP contribution in [0, 0.1) is 6.92 Å². The number of fused-ring (bicyclic) bond motifs is 1. The van der Waals surface area contributed by atoms with Crippen LogP contribution in [0.1, 0.15) is 43.0 Å². The van der Waals surface area contributed by atoms with Gasteiger partial charge in [-0.05, 0) is 31.0 Å². The van der Waals surface area contributed by atoms with Crippen molar-refractivity contribution in [2.24, 2.45) is 0 Å². The van der Waals surface area contributed by atoms with E-state index in [9.17, 15) is 4.79 Å². The summed E-state index contributed by atoms with van der Waals surface area (Å²) in [4.78, 5) is 18.3. The second-order valence-corrected chi connectivity index (χ2v) is 8.13. The van der Waals surface area contributed by atoms with Gasteiger partial charge in [-0.1, -0.05) is 73.8 Å². The van der Waals surface area contributed by atoms with Crippen LogP contribution in [0.4, 0.5) is 0 Å². The quantitative estimate of drug-likeness (QED) is 0.349. The van der Waals surface area contributed by atoms with E-state index in [-0.39, 0.29) is 5.56 Å². The lowest BCUT2D eigenvalue weighted by Gasteiger charge is -2.16. The van der Waals surface area contributed by atoms with E-state index in [0.717, 1.165) is 53.9 Å². The monoisotopic (exact) mass is 419 g/mol. The van der Waals surface area contributed by atoms with Crippen molar-refractivity contribution < 1.29 is 0 Å². The highest BCUT2D eigenvalue weighted by atomic mass is 35.5. The third kappa shape index (κ3) is 4.05. The number of halogens is 1. The molecular weight excluding hydrogens is 394 g/mol. The molecule has 0 bridgehead atoms. The van der Waals surface area contributed by atoms with Crippen LogP contribution >= 0.6 is 11.6 Å². The molecule has 0 saturated carbocycles. The van der Waals surface area contributed by atoms with Crippen molar-refractivity contribution in [1.29, 1.82) is 0 Å². The molecular formula is C25H26ClN3O. The predicted molar refractivity (Wildman–Crippen MR) is 123 cm³/mol. The highest BCUT2D eigenvalue weighted by Gasteiger charge is 2.17. The number of benzene rings is 2. The molecule has 0 spiro atoms. The summed E-state index contributed by atoms with van der Waals surface area (Å²) in [6, 6.07) is 17.7. The van der Waals surface area contributed by atoms with E-state index in [2.05, 4.69) is 23.6 Å². The van der Waals surface area contributed by atoms with E-state index in [1.54, 1.807) is 4.40 Å². The van der Waals surface area contributed by atoms with Crippen molar-refractivity contribution in [2.45, 2.75) is 46.1 Å². The lowest BCUT2D eigenvalue weighted by Crippen LogP contribution is -2.25. The van der Waals surface area contributed by atoms with Crippen LogP contribution in [0.5, 0.6) is 0 Å². The Morgan fingerprint density at radius 3 is 2.43 bits per heavy atom. The molecule has 0 aliphatic carbocycles. The summed E-state index contributed by atoms with van der Waals surface area (Å²) in [6.07, 6.45) is 5.83. The molecule has 5 heteroatoms. The average Bonchev–Trinajstić information content (AvgIpc) is 3.20. The molecule has 2 heterocycles. The summed E-state index contributed by atoms with van der Waals surface area (Å²) in [6.45, 7) is 5.09. The Hall–Kier alpha value is -2.85. The molecule has 0 aliphatic heterocycles. The first-order chi connectivity index (χ1) is 14.6. The van der Waals surface area contributed by atoms with Gasteiger partial charge in [0.1, 0.15) is 0 Å². The van der Waals surface area contributed by atoms with Crippen LogP contribution in [0.2, 0.25) is 5.02 Å². The summed E-state index contributed by atoms with van der Waals surface area (Å²) < 4.78 is 3.91. The summed E-state index contributed by atoms with van der Waals surface area (Å²) >= 11 is 6.04. The Kier molecular flexibility index (Phi) is 6.05. The lowest BCUT2D eigenvalue weighted by atomic mass is 10.0. The molecule has 4 rings (SSSR count). The van der Waals surface area contributed by atoms with Gasteiger partial charge in [-0.2, -0.15) is 0 Å². The molecule has 0 unspecified atom stereocenters. The van der Waals surface area contributed by atoms with Crippen molar-refractivity contribution in [3.63, 3.8) is 0 Å². The molecule has 4 nitrogen and oxygen atoms in total. The highest BCUT2D eigenvalue weighted by molar-refractivity contribution is 6.30. The number of hydrogen-bond donors (Lipinski definition) is 0. The van der Waals surface area contributed by atoms with Crippen molar-refractivity contribution in [3.05, 3.63) is 93.0 Å². The average molecular weight is 420 g/mol. The van der Waals surface area contributed by atoms with Gasteiger partial charge in [0, 0.05) is 41.0 Å². The number of nitrogens with zero attached hydrogens (tertiary/aromatic N) is 3. The number of aryl methyl sites for hydroxylation is 1. The molecule has 2 aromatic carbocycles. The van der Waals surface area contributed by atoms with Crippen molar-refractivity contribution in [1.82, 2.24) is 14.0 Å². The first-order valence-electron chi connectivity index (χ1n) is 10.5. The SMILES string of the molecule is CCCCCn1c(C)c(Cc2ccccc2)c(=O)n2cc(-c3ccc(Cl)cc3)nc12. The first kappa shape index (κ1) is 20.4. The Balaban J connectivity index is 1.87. The smallest absolute Gasteiger partial charge is 0.262 e. The Morgan fingerprint density at radius 1 is 1.00 bits per heavy atom. The van der Waals surface area contributed by atoms with Gasteiger partial charge in [0.25, 0.3) is 5.56 Å². The minimum Gasteiger partial charge on any atom is -0.315 e.